The van der Waals surface area contributed by atoms with Crippen LogP contribution in [0.25, 0.3) is 0 Å². The van der Waals surface area contributed by atoms with E-state index in [1.165, 1.54) is 18.2 Å². The maximum absolute atomic E-state index is 13.1. The summed E-state index contributed by atoms with van der Waals surface area (Å²) in [4.78, 5) is 12.0. The average molecular weight is 308 g/mol. The predicted octanol–water partition coefficient (Wildman–Crippen LogP) is 4.19. The first-order valence-corrected chi connectivity index (χ1v) is 6.83. The Labute approximate surface area is 127 Å². The number of benzene rings is 2. The third-order valence-electron chi connectivity index (χ3n) is 2.86. The molecule has 0 aromatic heterocycles. The fourth-order valence-corrected chi connectivity index (χ4v) is 1.95. The Morgan fingerprint density at radius 2 is 2.05 bits per heavy atom. The Hall–Kier alpha value is -2.07. The molecule has 0 bridgehead atoms. The van der Waals surface area contributed by atoms with Crippen LogP contribution >= 0.6 is 11.6 Å². The van der Waals surface area contributed by atoms with Crippen molar-refractivity contribution in [1.29, 1.82) is 0 Å². The van der Waals surface area contributed by atoms with Crippen molar-refractivity contribution in [1.82, 2.24) is 0 Å². The average Bonchev–Trinajstić information content (AvgIpc) is 2.43. The molecule has 0 unspecified atom stereocenters. The number of aryl methyl sites for hydroxylation is 1. The number of rotatable bonds is 4. The first-order valence-electron chi connectivity index (χ1n) is 6.45. The molecule has 2 aromatic rings. The van der Waals surface area contributed by atoms with Gasteiger partial charge in [-0.25, -0.2) is 4.39 Å². The minimum atomic E-state index is -0.730. The highest BCUT2D eigenvalue weighted by atomic mass is 35.5. The molecule has 1 amide bonds. The van der Waals surface area contributed by atoms with Crippen molar-refractivity contribution in [3.63, 3.8) is 0 Å². The molecule has 0 aliphatic carbocycles. The minimum Gasteiger partial charge on any atom is -0.481 e. The Morgan fingerprint density at radius 1 is 1.29 bits per heavy atom. The third kappa shape index (κ3) is 4.20. The van der Waals surface area contributed by atoms with Gasteiger partial charge in [-0.15, -0.1) is 0 Å². The summed E-state index contributed by atoms with van der Waals surface area (Å²) in [5.74, 6) is -0.477. The second-order valence-corrected chi connectivity index (χ2v) is 5.10. The standard InChI is InChI=1S/C16H15ClFNO2/c1-10-4-3-5-12(8-10)19-16(20)11(2)21-13-6-7-15(18)14(17)9-13/h3-9,11H,1-2H3,(H,19,20)/t11-/m1/s1. The second kappa shape index (κ2) is 6.59. The van der Waals surface area contributed by atoms with Crippen LogP contribution in [0.3, 0.4) is 0 Å². The van der Waals surface area contributed by atoms with Gasteiger partial charge in [0, 0.05) is 11.8 Å². The first kappa shape index (κ1) is 15.3. The molecule has 0 fully saturated rings. The van der Waals surface area contributed by atoms with Gasteiger partial charge in [0.1, 0.15) is 11.6 Å². The van der Waals surface area contributed by atoms with Crippen molar-refractivity contribution in [3.8, 4) is 5.75 Å². The number of anilines is 1. The predicted molar refractivity (Wildman–Crippen MR) is 81.3 cm³/mol. The highest BCUT2D eigenvalue weighted by Crippen LogP contribution is 2.22. The molecule has 3 nitrogen and oxygen atoms in total. The normalized spacial score (nSPS) is 11.8. The van der Waals surface area contributed by atoms with Gasteiger partial charge in [0.15, 0.2) is 6.10 Å². The molecular weight excluding hydrogens is 293 g/mol. The number of hydrogen-bond donors (Lipinski definition) is 1. The molecule has 1 N–H and O–H groups in total. The zero-order valence-electron chi connectivity index (χ0n) is 11.7. The number of carbonyl (C=O) groups excluding carboxylic acids is 1. The summed E-state index contributed by atoms with van der Waals surface area (Å²) in [5, 5.41) is 2.71. The van der Waals surface area contributed by atoms with Gasteiger partial charge < -0.3 is 10.1 Å². The first-order chi connectivity index (χ1) is 9.95. The summed E-state index contributed by atoms with van der Waals surface area (Å²) < 4.78 is 18.5. The highest BCUT2D eigenvalue weighted by molar-refractivity contribution is 6.30. The molecule has 1 atom stereocenters. The van der Waals surface area contributed by atoms with E-state index in [0.717, 1.165) is 5.56 Å². The van der Waals surface area contributed by atoms with Gasteiger partial charge in [-0.3, -0.25) is 4.79 Å². The van der Waals surface area contributed by atoms with Crippen molar-refractivity contribution in [2.45, 2.75) is 20.0 Å². The lowest BCUT2D eigenvalue weighted by atomic mass is 10.2. The van der Waals surface area contributed by atoms with Crippen molar-refractivity contribution in [2.24, 2.45) is 0 Å². The Morgan fingerprint density at radius 3 is 2.71 bits per heavy atom. The van der Waals surface area contributed by atoms with Gasteiger partial charge in [-0.05, 0) is 43.7 Å². The smallest absolute Gasteiger partial charge is 0.265 e. The largest absolute Gasteiger partial charge is 0.481 e. The van der Waals surface area contributed by atoms with E-state index in [2.05, 4.69) is 5.32 Å². The quantitative estimate of drug-likeness (QED) is 0.919. The maximum Gasteiger partial charge on any atom is 0.265 e. The lowest BCUT2D eigenvalue weighted by Gasteiger charge is -2.15. The van der Waals surface area contributed by atoms with Crippen LogP contribution in [0.1, 0.15) is 12.5 Å². The van der Waals surface area contributed by atoms with E-state index in [9.17, 15) is 9.18 Å². The van der Waals surface area contributed by atoms with E-state index in [-0.39, 0.29) is 10.9 Å². The number of amides is 1. The number of ether oxygens (including phenoxy) is 1. The number of hydrogen-bond acceptors (Lipinski definition) is 2. The molecule has 5 heteroatoms. The van der Waals surface area contributed by atoms with Gasteiger partial charge >= 0.3 is 0 Å². The Kier molecular flexibility index (Phi) is 4.81. The van der Waals surface area contributed by atoms with E-state index in [1.54, 1.807) is 13.0 Å². The molecule has 2 aromatic carbocycles. The van der Waals surface area contributed by atoms with Crippen LogP contribution in [0, 0.1) is 12.7 Å². The van der Waals surface area contributed by atoms with Crippen LogP contribution in [-0.4, -0.2) is 12.0 Å². The van der Waals surface area contributed by atoms with E-state index >= 15 is 0 Å². The molecule has 2 rings (SSSR count). The highest BCUT2D eigenvalue weighted by Gasteiger charge is 2.15. The van der Waals surface area contributed by atoms with Crippen molar-refractivity contribution >= 4 is 23.2 Å². The van der Waals surface area contributed by atoms with Crippen LogP contribution < -0.4 is 10.1 Å². The summed E-state index contributed by atoms with van der Waals surface area (Å²) in [5.41, 5.74) is 1.75. The fourth-order valence-electron chi connectivity index (χ4n) is 1.77. The monoisotopic (exact) mass is 307 g/mol. The topological polar surface area (TPSA) is 38.3 Å². The van der Waals surface area contributed by atoms with E-state index < -0.39 is 11.9 Å². The van der Waals surface area contributed by atoms with Gasteiger partial charge in [0.25, 0.3) is 5.91 Å². The molecule has 0 radical (unpaired) electrons. The Bertz CT molecular complexity index is 660. The van der Waals surface area contributed by atoms with Gasteiger partial charge in [-0.2, -0.15) is 0 Å². The molecular formula is C16H15ClFNO2. The third-order valence-corrected chi connectivity index (χ3v) is 3.15. The summed E-state index contributed by atoms with van der Waals surface area (Å²) in [6.45, 7) is 3.55. The number of halogens is 2. The number of carbonyl (C=O) groups is 1. The number of nitrogens with one attached hydrogen (secondary N) is 1. The fraction of sp³-hybridized carbons (Fsp3) is 0.188. The van der Waals surface area contributed by atoms with Crippen LogP contribution in [0.4, 0.5) is 10.1 Å². The van der Waals surface area contributed by atoms with Crippen LogP contribution in [0.5, 0.6) is 5.75 Å². The minimum absolute atomic E-state index is 0.0428. The van der Waals surface area contributed by atoms with Gasteiger partial charge in [0.05, 0.1) is 5.02 Å². The van der Waals surface area contributed by atoms with Gasteiger partial charge in [0.2, 0.25) is 0 Å². The lowest BCUT2D eigenvalue weighted by molar-refractivity contribution is -0.122. The zero-order valence-corrected chi connectivity index (χ0v) is 12.4. The van der Waals surface area contributed by atoms with E-state index in [1.807, 2.05) is 25.1 Å². The molecule has 0 aliphatic heterocycles. The van der Waals surface area contributed by atoms with E-state index in [4.69, 9.17) is 16.3 Å². The molecule has 0 heterocycles. The molecule has 0 saturated heterocycles. The Balaban J connectivity index is 2.00. The van der Waals surface area contributed by atoms with E-state index in [0.29, 0.717) is 11.4 Å². The summed E-state index contributed by atoms with van der Waals surface area (Å²) in [6, 6.07) is 11.4. The maximum atomic E-state index is 13.1. The summed E-state index contributed by atoms with van der Waals surface area (Å²) >= 11 is 5.67. The summed E-state index contributed by atoms with van der Waals surface area (Å²) in [6.07, 6.45) is -0.730. The lowest BCUT2D eigenvalue weighted by Crippen LogP contribution is -2.30. The van der Waals surface area contributed by atoms with Crippen molar-refractivity contribution in [3.05, 3.63) is 58.9 Å². The zero-order chi connectivity index (χ0) is 15.4. The van der Waals surface area contributed by atoms with Crippen LogP contribution in [-0.2, 0) is 4.79 Å². The van der Waals surface area contributed by atoms with Crippen molar-refractivity contribution in [2.75, 3.05) is 5.32 Å². The summed E-state index contributed by atoms with van der Waals surface area (Å²) in [7, 11) is 0. The molecule has 0 spiro atoms. The molecule has 0 saturated carbocycles. The van der Waals surface area contributed by atoms with Crippen LogP contribution in [0.2, 0.25) is 5.02 Å². The SMILES string of the molecule is Cc1cccc(NC(=O)[C@@H](C)Oc2ccc(F)c(Cl)c2)c1. The van der Waals surface area contributed by atoms with Crippen molar-refractivity contribution < 1.29 is 13.9 Å². The molecule has 0 aliphatic rings. The molecule has 110 valence electrons. The van der Waals surface area contributed by atoms with Gasteiger partial charge in [-0.1, -0.05) is 23.7 Å². The van der Waals surface area contributed by atoms with Crippen LogP contribution in [0.15, 0.2) is 42.5 Å². The molecule has 21 heavy (non-hydrogen) atoms. The second-order valence-electron chi connectivity index (χ2n) is 4.69.